The molecule has 6 N–H and O–H groups in total. The number of hydrogen-bond acceptors (Lipinski definition) is 8. The Morgan fingerprint density at radius 1 is 1.15 bits per heavy atom. The molecule has 10 nitrogen and oxygen atoms in total. The van der Waals surface area contributed by atoms with Gasteiger partial charge in [-0.3, -0.25) is 10.6 Å². The molecule has 0 bridgehead atoms. The van der Waals surface area contributed by atoms with Crippen LogP contribution in [0, 0.1) is 5.41 Å². The summed E-state index contributed by atoms with van der Waals surface area (Å²) in [6.45, 7) is 4.93. The summed E-state index contributed by atoms with van der Waals surface area (Å²) in [5.41, 5.74) is -2.66. The van der Waals surface area contributed by atoms with E-state index in [4.69, 9.17) is 10.1 Å². The van der Waals surface area contributed by atoms with Gasteiger partial charge in [0.1, 0.15) is 11.4 Å². The molecule has 2 unspecified atom stereocenters. The Hall–Kier alpha value is -3.60. The lowest BCUT2D eigenvalue weighted by molar-refractivity contribution is -0.242. The van der Waals surface area contributed by atoms with E-state index in [1.54, 1.807) is 30.3 Å². The molecular weight excluding hydrogens is 438 g/mol. The van der Waals surface area contributed by atoms with Crippen molar-refractivity contribution < 1.29 is 25.0 Å². The number of guanidine groups is 1. The third kappa shape index (κ3) is 2.79. The number of aliphatic hydroxyl groups excluding tert-OH is 1. The van der Waals surface area contributed by atoms with Gasteiger partial charge >= 0.3 is 5.97 Å². The van der Waals surface area contributed by atoms with Crippen molar-refractivity contribution in [3.63, 3.8) is 0 Å². The molecule has 0 saturated carbocycles. The summed E-state index contributed by atoms with van der Waals surface area (Å²) in [5, 5.41) is 49.1. The highest BCUT2D eigenvalue weighted by molar-refractivity contribution is 5.90. The lowest BCUT2D eigenvalue weighted by Crippen LogP contribution is -2.80. The normalized spacial score (nSPS) is 34.2. The van der Waals surface area contributed by atoms with E-state index in [2.05, 4.69) is 17.2 Å². The Balaban J connectivity index is 1.70. The number of hydrogen-bond donors (Lipinski definition) is 6. The van der Waals surface area contributed by atoms with Crippen LogP contribution in [-0.2, 0) is 4.74 Å². The zero-order chi connectivity index (χ0) is 24.3. The van der Waals surface area contributed by atoms with Gasteiger partial charge in [-0.25, -0.2) is 9.86 Å². The lowest BCUT2D eigenvalue weighted by Gasteiger charge is -2.54. The van der Waals surface area contributed by atoms with Crippen LogP contribution >= 0.6 is 0 Å². The van der Waals surface area contributed by atoms with Crippen molar-refractivity contribution in [2.45, 2.75) is 42.4 Å². The van der Waals surface area contributed by atoms with Crippen LogP contribution in [0.15, 0.2) is 73.1 Å². The van der Waals surface area contributed by atoms with Gasteiger partial charge in [-0.05, 0) is 24.6 Å². The highest BCUT2D eigenvalue weighted by atomic mass is 16.6. The molecule has 3 saturated heterocycles. The number of nitrogens with zero attached hydrogens (tertiary/aromatic N) is 2. The molecule has 2 aromatic rings. The Bertz CT molecular complexity index is 1130. The van der Waals surface area contributed by atoms with Crippen LogP contribution in [0.5, 0.6) is 0 Å². The SMILES string of the molecule is C=C1NC2[C@H](CO)NC(=N)N3[C@H](c4ccccc4)[C@H](OC(=O)c4ccccc4)[C@](C)(O)C23N1O. The van der Waals surface area contributed by atoms with E-state index < -0.39 is 41.5 Å². The van der Waals surface area contributed by atoms with Crippen molar-refractivity contribution in [3.05, 3.63) is 84.2 Å². The van der Waals surface area contributed by atoms with Crippen molar-refractivity contribution >= 4 is 11.9 Å². The highest BCUT2D eigenvalue weighted by Crippen LogP contribution is 2.57. The molecule has 0 aliphatic carbocycles. The number of esters is 1. The molecule has 3 aliphatic rings. The zero-order valence-corrected chi connectivity index (χ0v) is 18.5. The quantitative estimate of drug-likeness (QED) is 0.361. The van der Waals surface area contributed by atoms with E-state index in [0.29, 0.717) is 11.1 Å². The van der Waals surface area contributed by atoms with Crippen LogP contribution in [0.1, 0.15) is 28.9 Å². The van der Waals surface area contributed by atoms with Crippen LogP contribution in [0.4, 0.5) is 0 Å². The maximum atomic E-state index is 13.1. The van der Waals surface area contributed by atoms with Crippen molar-refractivity contribution in [1.82, 2.24) is 20.6 Å². The summed E-state index contributed by atoms with van der Waals surface area (Å²) in [7, 11) is 0. The van der Waals surface area contributed by atoms with Gasteiger partial charge < -0.3 is 30.5 Å². The number of carbonyl (C=O) groups excluding carboxylic acids is 1. The first-order chi connectivity index (χ1) is 16.2. The topological polar surface area (TPSA) is 141 Å². The summed E-state index contributed by atoms with van der Waals surface area (Å²) in [4.78, 5) is 14.6. The first-order valence-corrected chi connectivity index (χ1v) is 11.0. The first kappa shape index (κ1) is 22.2. The standard InChI is InChI=1S/C24H27N5O5/c1-14-26-19-17(13-30)27-22(25)28-18(15-9-5-3-6-10-15)20(23(2,32)24(19,28)29(14)33)34-21(31)16-11-7-4-8-12-16/h3-12,17-20,26,30,32-33H,1,13H2,2H3,(H2,25,27)/t17-,18+,19?,20-,23-,24?/m0/s1. The van der Waals surface area contributed by atoms with Gasteiger partial charge in [0.05, 0.1) is 30.3 Å². The Kier molecular flexibility index (Phi) is 5.05. The Morgan fingerprint density at radius 3 is 2.38 bits per heavy atom. The fourth-order valence-electron chi connectivity index (χ4n) is 5.65. The van der Waals surface area contributed by atoms with Crippen LogP contribution in [-0.4, -0.2) is 73.4 Å². The summed E-state index contributed by atoms with van der Waals surface area (Å²) in [6, 6.07) is 15.1. The molecule has 0 aromatic heterocycles. The average molecular weight is 466 g/mol. The van der Waals surface area contributed by atoms with Crippen molar-refractivity contribution in [2.75, 3.05) is 6.61 Å². The van der Waals surface area contributed by atoms with Crippen molar-refractivity contribution in [1.29, 1.82) is 5.41 Å². The molecule has 10 heteroatoms. The molecule has 0 radical (unpaired) electrons. The zero-order valence-electron chi connectivity index (χ0n) is 18.5. The summed E-state index contributed by atoms with van der Waals surface area (Å²) in [6.07, 6.45) is -1.20. The fraction of sp³-hybridized carbons (Fsp3) is 0.333. The summed E-state index contributed by atoms with van der Waals surface area (Å²) < 4.78 is 5.96. The van der Waals surface area contributed by atoms with Gasteiger partial charge in [-0.15, -0.1) is 0 Å². The second-order valence-electron chi connectivity index (χ2n) is 8.95. The van der Waals surface area contributed by atoms with Gasteiger partial charge in [0, 0.05) is 0 Å². The van der Waals surface area contributed by atoms with E-state index in [9.17, 15) is 20.2 Å². The molecule has 178 valence electrons. The largest absolute Gasteiger partial charge is 0.453 e. The number of hydroxylamine groups is 2. The molecule has 3 heterocycles. The van der Waals surface area contributed by atoms with Crippen molar-refractivity contribution in [2.24, 2.45) is 0 Å². The van der Waals surface area contributed by atoms with Gasteiger partial charge in [0.15, 0.2) is 17.7 Å². The third-order valence-electron chi connectivity index (χ3n) is 7.11. The van der Waals surface area contributed by atoms with Crippen LogP contribution in [0.2, 0.25) is 0 Å². The number of benzene rings is 2. The molecule has 1 spiro atoms. The minimum Gasteiger partial charge on any atom is -0.453 e. The maximum absolute atomic E-state index is 13.1. The first-order valence-electron chi connectivity index (χ1n) is 11.0. The summed E-state index contributed by atoms with van der Waals surface area (Å²) >= 11 is 0. The number of nitrogens with one attached hydrogen (secondary N) is 3. The molecule has 5 rings (SSSR count). The second-order valence-corrected chi connectivity index (χ2v) is 8.95. The number of rotatable bonds is 4. The predicted octanol–water partition coefficient (Wildman–Crippen LogP) is 0.749. The maximum Gasteiger partial charge on any atom is 0.338 e. The number of aliphatic hydroxyl groups is 2. The molecule has 3 fully saturated rings. The van der Waals surface area contributed by atoms with Gasteiger partial charge in [-0.1, -0.05) is 55.1 Å². The van der Waals surface area contributed by atoms with Crippen LogP contribution < -0.4 is 10.6 Å². The van der Waals surface area contributed by atoms with E-state index in [1.807, 2.05) is 30.3 Å². The molecule has 3 aliphatic heterocycles. The fourth-order valence-corrected chi connectivity index (χ4v) is 5.65. The average Bonchev–Trinajstić information content (AvgIpc) is 3.23. The van der Waals surface area contributed by atoms with Crippen LogP contribution in [0.3, 0.4) is 0 Å². The number of ether oxygens (including phenoxy) is 1. The third-order valence-corrected chi connectivity index (χ3v) is 7.11. The second kappa shape index (κ2) is 7.73. The van der Waals surface area contributed by atoms with Gasteiger partial charge in [-0.2, -0.15) is 0 Å². The highest BCUT2D eigenvalue weighted by Gasteiger charge is 2.79. The Labute approximate surface area is 196 Å². The number of carbonyl (C=O) groups is 1. The molecule has 6 atom stereocenters. The monoisotopic (exact) mass is 465 g/mol. The molecule has 2 aromatic carbocycles. The minimum absolute atomic E-state index is 0.0899. The molecule has 34 heavy (non-hydrogen) atoms. The summed E-state index contributed by atoms with van der Waals surface area (Å²) in [5.74, 6) is -0.697. The van der Waals surface area contributed by atoms with Crippen LogP contribution in [0.25, 0.3) is 0 Å². The van der Waals surface area contributed by atoms with Crippen molar-refractivity contribution in [3.8, 4) is 0 Å². The van der Waals surface area contributed by atoms with E-state index >= 15 is 0 Å². The minimum atomic E-state index is -1.92. The van der Waals surface area contributed by atoms with E-state index in [0.717, 1.165) is 5.06 Å². The predicted molar refractivity (Wildman–Crippen MR) is 121 cm³/mol. The van der Waals surface area contributed by atoms with Gasteiger partial charge in [0.2, 0.25) is 0 Å². The Morgan fingerprint density at radius 2 is 1.76 bits per heavy atom. The molecule has 0 amide bonds. The van der Waals surface area contributed by atoms with Gasteiger partial charge in [0.25, 0.3) is 0 Å². The lowest BCUT2D eigenvalue weighted by atomic mass is 9.78. The van der Waals surface area contributed by atoms with E-state index in [1.165, 1.54) is 11.8 Å². The molecular formula is C24H27N5O5. The smallest absolute Gasteiger partial charge is 0.338 e. The van der Waals surface area contributed by atoms with E-state index in [-0.39, 0.29) is 18.4 Å².